The predicted molar refractivity (Wildman–Crippen MR) is 117 cm³/mol. The molecule has 4 rings (SSSR count). The number of benzene rings is 1. The minimum absolute atomic E-state index is 0.104. The van der Waals surface area contributed by atoms with Gasteiger partial charge in [0.2, 0.25) is 0 Å². The van der Waals surface area contributed by atoms with Crippen LogP contribution < -0.4 is 14.8 Å². The second kappa shape index (κ2) is 8.63. The largest absolute Gasteiger partial charge is 0.493 e. The average molecular weight is 417 g/mol. The number of fused-ring (bicyclic) bond motifs is 1. The van der Waals surface area contributed by atoms with E-state index in [4.69, 9.17) is 9.47 Å². The molecular formula is C23H36N4O3. The van der Waals surface area contributed by atoms with E-state index >= 15 is 0 Å². The molecule has 1 aromatic carbocycles. The van der Waals surface area contributed by atoms with Crippen LogP contribution in [-0.4, -0.2) is 93.9 Å². The molecule has 0 bridgehead atoms. The van der Waals surface area contributed by atoms with E-state index in [1.165, 1.54) is 5.56 Å². The maximum absolute atomic E-state index is 12.8. The fourth-order valence-corrected chi connectivity index (χ4v) is 5.67. The number of likely N-dealkylation sites (tertiary alicyclic amines) is 1. The van der Waals surface area contributed by atoms with Crippen molar-refractivity contribution in [3.8, 4) is 11.5 Å². The summed E-state index contributed by atoms with van der Waals surface area (Å²) in [5.41, 5.74) is 1.45. The summed E-state index contributed by atoms with van der Waals surface area (Å²) in [6.45, 7) is 4.61. The third kappa shape index (κ3) is 3.85. The Labute approximate surface area is 180 Å². The zero-order valence-corrected chi connectivity index (χ0v) is 18.8. The number of likely N-dealkylation sites (N-methyl/N-ethyl adjacent to an activating group) is 2. The van der Waals surface area contributed by atoms with Crippen LogP contribution in [0, 0.1) is 0 Å². The molecule has 30 heavy (non-hydrogen) atoms. The maximum atomic E-state index is 12.8. The van der Waals surface area contributed by atoms with Crippen molar-refractivity contribution in [1.82, 2.24) is 20.0 Å². The highest BCUT2D eigenvalue weighted by molar-refractivity contribution is 5.74. The van der Waals surface area contributed by atoms with Gasteiger partial charge in [-0.05, 0) is 64.0 Å². The van der Waals surface area contributed by atoms with Crippen molar-refractivity contribution in [3.63, 3.8) is 0 Å². The van der Waals surface area contributed by atoms with Crippen LogP contribution in [0.15, 0.2) is 18.2 Å². The van der Waals surface area contributed by atoms with E-state index < -0.39 is 0 Å². The van der Waals surface area contributed by atoms with Crippen molar-refractivity contribution < 1.29 is 14.3 Å². The minimum Gasteiger partial charge on any atom is -0.493 e. The average Bonchev–Trinajstić information content (AvgIpc) is 3.11. The van der Waals surface area contributed by atoms with Crippen LogP contribution in [-0.2, 0) is 5.41 Å². The lowest BCUT2D eigenvalue weighted by Crippen LogP contribution is -2.56. The van der Waals surface area contributed by atoms with Gasteiger partial charge in [-0.1, -0.05) is 6.07 Å². The summed E-state index contributed by atoms with van der Waals surface area (Å²) in [5, 5.41) is 3.34. The lowest BCUT2D eigenvalue weighted by Gasteiger charge is -2.45. The van der Waals surface area contributed by atoms with Gasteiger partial charge in [-0.25, -0.2) is 4.79 Å². The lowest BCUT2D eigenvalue weighted by atomic mass is 9.65. The van der Waals surface area contributed by atoms with Gasteiger partial charge in [0.15, 0.2) is 11.5 Å². The number of hydrogen-bond acceptors (Lipinski definition) is 5. The van der Waals surface area contributed by atoms with Crippen LogP contribution in [0.2, 0.25) is 0 Å². The number of urea groups is 1. The molecule has 2 aliphatic heterocycles. The quantitative estimate of drug-likeness (QED) is 0.815. The summed E-state index contributed by atoms with van der Waals surface area (Å²) in [6, 6.07) is 7.15. The molecule has 3 fully saturated rings. The Morgan fingerprint density at radius 2 is 1.77 bits per heavy atom. The van der Waals surface area contributed by atoms with E-state index in [0.29, 0.717) is 6.04 Å². The van der Waals surface area contributed by atoms with Gasteiger partial charge in [-0.3, -0.25) is 0 Å². The standard InChI is InChI=1S/C23H36N4O3/c1-25-11-13-27(14-12-25)22(28)24-18-7-8-23(9-10-26(2)21(23)16-18)17-5-6-19(29-3)20(15-17)30-4/h5-6,15,18,21H,7-14,16H2,1-4H3,(H,24,28). The molecule has 0 spiro atoms. The molecule has 166 valence electrons. The number of piperazine rings is 1. The SMILES string of the molecule is COc1ccc(C23CCC(NC(=O)N4CCN(C)CC4)CC2N(C)CC3)cc1OC. The van der Waals surface area contributed by atoms with E-state index in [0.717, 1.165) is 69.9 Å². The molecule has 1 saturated carbocycles. The highest BCUT2D eigenvalue weighted by Crippen LogP contribution is 2.49. The fraction of sp³-hybridized carbons (Fsp3) is 0.696. The van der Waals surface area contributed by atoms with Gasteiger partial charge in [0.25, 0.3) is 0 Å². The summed E-state index contributed by atoms with van der Waals surface area (Å²) < 4.78 is 11.0. The first kappa shape index (κ1) is 21.2. The third-order valence-electron chi connectivity index (χ3n) is 7.60. The van der Waals surface area contributed by atoms with Gasteiger partial charge in [-0.15, -0.1) is 0 Å². The summed E-state index contributed by atoms with van der Waals surface area (Å²) in [6.07, 6.45) is 4.22. The number of rotatable bonds is 4. The number of carbonyl (C=O) groups is 1. The molecular weight excluding hydrogens is 380 g/mol. The molecule has 1 aromatic rings. The first-order valence-electron chi connectivity index (χ1n) is 11.1. The van der Waals surface area contributed by atoms with Crippen molar-refractivity contribution in [3.05, 3.63) is 23.8 Å². The second-order valence-electron chi connectivity index (χ2n) is 9.18. The molecule has 0 aromatic heterocycles. The molecule has 3 aliphatic rings. The third-order valence-corrected chi connectivity index (χ3v) is 7.60. The molecule has 3 unspecified atom stereocenters. The zero-order valence-electron chi connectivity index (χ0n) is 18.8. The van der Waals surface area contributed by atoms with Gasteiger partial charge in [0.1, 0.15) is 0 Å². The molecule has 2 saturated heterocycles. The van der Waals surface area contributed by atoms with Gasteiger partial charge in [0, 0.05) is 43.7 Å². The van der Waals surface area contributed by atoms with Gasteiger partial charge in [-0.2, -0.15) is 0 Å². The first-order valence-corrected chi connectivity index (χ1v) is 11.1. The number of amides is 2. The summed E-state index contributed by atoms with van der Waals surface area (Å²) in [5.74, 6) is 1.57. The maximum Gasteiger partial charge on any atom is 0.317 e. The van der Waals surface area contributed by atoms with E-state index in [9.17, 15) is 4.79 Å². The van der Waals surface area contributed by atoms with E-state index in [1.54, 1.807) is 14.2 Å². The Bertz CT molecular complexity index is 765. The van der Waals surface area contributed by atoms with Crippen LogP contribution in [0.3, 0.4) is 0 Å². The van der Waals surface area contributed by atoms with Crippen LogP contribution in [0.1, 0.15) is 31.2 Å². The van der Waals surface area contributed by atoms with E-state index in [-0.39, 0.29) is 17.5 Å². The Morgan fingerprint density at radius 3 is 2.47 bits per heavy atom. The van der Waals surface area contributed by atoms with Gasteiger partial charge >= 0.3 is 6.03 Å². The molecule has 7 nitrogen and oxygen atoms in total. The summed E-state index contributed by atoms with van der Waals surface area (Å²) in [4.78, 5) is 19.5. The van der Waals surface area contributed by atoms with E-state index in [1.807, 2.05) is 11.0 Å². The zero-order chi connectivity index (χ0) is 21.3. The number of ether oxygens (including phenoxy) is 2. The van der Waals surface area contributed by atoms with Crippen LogP contribution in [0.4, 0.5) is 4.79 Å². The van der Waals surface area contributed by atoms with E-state index in [2.05, 4.69) is 41.3 Å². The van der Waals surface area contributed by atoms with Gasteiger partial charge < -0.3 is 29.5 Å². The Balaban J connectivity index is 1.48. The Hall–Kier alpha value is -1.99. The van der Waals surface area contributed by atoms with Crippen molar-refractivity contribution in [1.29, 1.82) is 0 Å². The topological polar surface area (TPSA) is 57.3 Å². The summed E-state index contributed by atoms with van der Waals surface area (Å²) in [7, 11) is 7.70. The minimum atomic E-state index is 0.104. The molecule has 1 N–H and O–H groups in total. The predicted octanol–water partition coefficient (Wildman–Crippen LogP) is 2.16. The highest BCUT2D eigenvalue weighted by atomic mass is 16.5. The van der Waals surface area contributed by atoms with Crippen molar-refractivity contribution in [2.45, 2.75) is 43.2 Å². The molecule has 1 aliphatic carbocycles. The fourth-order valence-electron chi connectivity index (χ4n) is 5.67. The van der Waals surface area contributed by atoms with Crippen LogP contribution in [0.25, 0.3) is 0 Å². The number of carbonyl (C=O) groups excluding carboxylic acids is 1. The molecule has 7 heteroatoms. The van der Waals surface area contributed by atoms with Crippen LogP contribution in [0.5, 0.6) is 11.5 Å². The molecule has 2 heterocycles. The molecule has 0 radical (unpaired) electrons. The van der Waals surface area contributed by atoms with Crippen LogP contribution >= 0.6 is 0 Å². The monoisotopic (exact) mass is 416 g/mol. The van der Waals surface area contributed by atoms with Crippen molar-refractivity contribution in [2.75, 3.05) is 61.0 Å². The summed E-state index contributed by atoms with van der Waals surface area (Å²) >= 11 is 0. The first-order chi connectivity index (χ1) is 14.5. The molecule has 2 amide bonds. The second-order valence-corrected chi connectivity index (χ2v) is 9.18. The van der Waals surface area contributed by atoms with Crippen molar-refractivity contribution in [2.24, 2.45) is 0 Å². The molecule has 3 atom stereocenters. The number of methoxy groups -OCH3 is 2. The normalized spacial score (nSPS) is 30.1. The highest BCUT2D eigenvalue weighted by Gasteiger charge is 2.50. The Morgan fingerprint density at radius 1 is 1.03 bits per heavy atom. The number of hydrogen-bond donors (Lipinski definition) is 1. The van der Waals surface area contributed by atoms with Crippen molar-refractivity contribution >= 4 is 6.03 Å². The number of nitrogens with zero attached hydrogens (tertiary/aromatic N) is 3. The number of nitrogens with one attached hydrogen (secondary N) is 1. The smallest absolute Gasteiger partial charge is 0.317 e. The lowest BCUT2D eigenvalue weighted by molar-refractivity contribution is 0.132. The van der Waals surface area contributed by atoms with Gasteiger partial charge in [0.05, 0.1) is 14.2 Å². The Kier molecular flexibility index (Phi) is 6.11.